The number of phosphoric acid groups is 2. The van der Waals surface area contributed by atoms with Crippen molar-refractivity contribution in [3.05, 3.63) is 0 Å². The monoisotopic (exact) mass is 214 g/mol. The minimum atomic E-state index is -5.14. The maximum Gasteiger partial charge on any atom is 1.00 e. The second kappa shape index (κ2) is 12.1. The Hall–Kier alpha value is 2.01. The molecule has 0 heterocycles. The van der Waals surface area contributed by atoms with Gasteiger partial charge in [0.05, 0.1) is 7.82 Å². The van der Waals surface area contributed by atoms with Crippen LogP contribution in [0.1, 0.15) is 0 Å². The van der Waals surface area contributed by atoms with Crippen molar-refractivity contribution in [3.63, 3.8) is 0 Å². The van der Waals surface area contributed by atoms with Gasteiger partial charge in [0.25, 0.3) is 7.82 Å². The second-order valence-electron chi connectivity index (χ2n) is 0.959. The molecule has 0 spiro atoms. The van der Waals surface area contributed by atoms with Crippen molar-refractivity contribution in [2.45, 2.75) is 0 Å². The van der Waals surface area contributed by atoms with Gasteiger partial charge in [0.2, 0.25) is 0 Å². The van der Waals surface area contributed by atoms with Crippen molar-refractivity contribution in [1.82, 2.24) is 0 Å². The summed E-state index contributed by atoms with van der Waals surface area (Å²) in [5.41, 5.74) is 0. The van der Waals surface area contributed by atoms with Gasteiger partial charge in [-0.05, 0) is 0 Å². The van der Waals surface area contributed by atoms with E-state index in [9.17, 15) is 0 Å². The van der Waals surface area contributed by atoms with Crippen LogP contribution in [0.25, 0.3) is 0 Å². The summed E-state index contributed by atoms with van der Waals surface area (Å²) in [4.78, 5) is 47.2. The van der Waals surface area contributed by atoms with E-state index in [0.29, 0.717) is 0 Å². The van der Waals surface area contributed by atoms with E-state index in [0.717, 1.165) is 0 Å². The maximum absolute atomic E-state index is 8.77. The summed E-state index contributed by atoms with van der Waals surface area (Å²) in [5, 5.41) is 0. The van der Waals surface area contributed by atoms with Crippen molar-refractivity contribution < 1.29 is 95.1 Å². The minimum absolute atomic E-state index is 0. The third-order valence-corrected chi connectivity index (χ3v) is 0. The average Bonchev–Trinajstić information content (AvgIpc) is 1.12. The van der Waals surface area contributed by atoms with Gasteiger partial charge in [-0.3, -0.25) is 4.57 Å². The molecule has 13 heteroatoms. The van der Waals surface area contributed by atoms with E-state index in [1.54, 1.807) is 0 Å². The maximum atomic E-state index is 8.77. The summed E-state index contributed by atoms with van der Waals surface area (Å²) in [6, 6.07) is 0. The van der Waals surface area contributed by atoms with Crippen LogP contribution in [0.15, 0.2) is 0 Å². The van der Waals surface area contributed by atoms with Gasteiger partial charge >= 0.3 is 56.6 Å². The quantitative estimate of drug-likeness (QED) is 0.264. The minimum Gasteiger partial charge on any atom is -0.790 e. The molecule has 8 nitrogen and oxygen atoms in total. The van der Waals surface area contributed by atoms with Gasteiger partial charge in [0.15, 0.2) is 0 Å². The van der Waals surface area contributed by atoms with Crippen molar-refractivity contribution in [2.75, 3.05) is 0 Å². The molecule has 0 aromatic rings. The molecule has 0 aliphatic heterocycles. The second-order valence-corrected chi connectivity index (χ2v) is 2.88. The molecule has 13 heavy (non-hydrogen) atoms. The standard InChI is InChI=1S/3Li.2H3O4P/c;;;2*1-5(2,3)4/h;;;2*(H3,1,2,3,4)/q3*+1;;/p-3. The van der Waals surface area contributed by atoms with E-state index in [1.165, 1.54) is 0 Å². The third kappa shape index (κ3) is 499. The first-order valence-corrected chi connectivity index (χ1v) is 4.54. The van der Waals surface area contributed by atoms with Crippen LogP contribution in [-0.4, -0.2) is 14.7 Å². The summed E-state index contributed by atoms with van der Waals surface area (Å²) in [6.45, 7) is 0. The molecule has 0 saturated heterocycles. The van der Waals surface area contributed by atoms with Crippen LogP contribution in [0, 0.1) is 0 Å². The van der Waals surface area contributed by atoms with Gasteiger partial charge in [-0.15, -0.1) is 0 Å². The number of hydrogen-bond acceptors (Lipinski definition) is 5. The summed E-state index contributed by atoms with van der Waals surface area (Å²) < 4.78 is 17.4. The van der Waals surface area contributed by atoms with Crippen LogP contribution in [-0.2, 0) is 9.13 Å². The summed E-state index contributed by atoms with van der Waals surface area (Å²) in [7, 11) is -10.0. The molecule has 0 aliphatic rings. The molecular formula is H3Li3O8P2. The SMILES string of the molecule is O=P([O-])(O)O.O=P([O-])([O-])O.[Li+].[Li+].[Li+]. The van der Waals surface area contributed by atoms with Crippen LogP contribution >= 0.6 is 15.6 Å². The van der Waals surface area contributed by atoms with E-state index in [-0.39, 0.29) is 56.6 Å². The Morgan fingerprint density at radius 3 is 0.769 bits per heavy atom. The Morgan fingerprint density at radius 1 is 0.769 bits per heavy atom. The first-order chi connectivity index (χ1) is 4.00. The van der Waals surface area contributed by atoms with Gasteiger partial charge < -0.3 is 33.9 Å². The molecule has 0 aromatic heterocycles. The molecular weight excluding hydrogens is 211 g/mol. The predicted molar refractivity (Wildman–Crippen MR) is 21.9 cm³/mol. The van der Waals surface area contributed by atoms with Gasteiger partial charge in [-0.2, -0.15) is 0 Å². The molecule has 0 unspecified atom stereocenters. The molecule has 0 saturated carbocycles. The van der Waals surface area contributed by atoms with E-state index in [2.05, 4.69) is 0 Å². The van der Waals surface area contributed by atoms with Crippen molar-refractivity contribution in [1.29, 1.82) is 0 Å². The molecule has 0 aliphatic carbocycles. The zero-order chi connectivity index (χ0) is 9.00. The number of hydrogen-bond donors (Lipinski definition) is 3. The van der Waals surface area contributed by atoms with Gasteiger partial charge in [-0.1, -0.05) is 0 Å². The van der Waals surface area contributed by atoms with E-state index in [1.807, 2.05) is 0 Å². The number of rotatable bonds is 0. The Morgan fingerprint density at radius 2 is 0.769 bits per heavy atom. The average molecular weight is 214 g/mol. The van der Waals surface area contributed by atoms with Gasteiger partial charge in [0.1, 0.15) is 0 Å². The molecule has 0 fully saturated rings. The first kappa shape index (κ1) is 29.4. The molecule has 0 aromatic carbocycles. The molecule has 0 radical (unpaired) electrons. The Balaban J connectivity index is -0.0000000267. The van der Waals surface area contributed by atoms with Crippen LogP contribution in [0.5, 0.6) is 0 Å². The molecule has 0 atom stereocenters. The summed E-state index contributed by atoms with van der Waals surface area (Å²) >= 11 is 0. The van der Waals surface area contributed by atoms with Crippen molar-refractivity contribution in [3.8, 4) is 0 Å². The summed E-state index contributed by atoms with van der Waals surface area (Å²) in [5.74, 6) is 0. The Bertz CT molecular complexity index is 130. The predicted octanol–water partition coefficient (Wildman–Crippen LogP) is -12.7. The van der Waals surface area contributed by atoms with E-state index < -0.39 is 15.6 Å². The molecule has 64 valence electrons. The van der Waals surface area contributed by atoms with Crippen molar-refractivity contribution in [2.24, 2.45) is 0 Å². The fourth-order valence-electron chi connectivity index (χ4n) is 0. The third-order valence-electron chi connectivity index (χ3n) is 0. The van der Waals surface area contributed by atoms with Crippen LogP contribution in [0.3, 0.4) is 0 Å². The van der Waals surface area contributed by atoms with E-state index in [4.69, 9.17) is 38.5 Å². The van der Waals surface area contributed by atoms with E-state index >= 15 is 0 Å². The van der Waals surface area contributed by atoms with Crippen LogP contribution in [0.2, 0.25) is 0 Å². The molecule has 0 bridgehead atoms. The topological polar surface area (TPSA) is 164 Å². The fourth-order valence-corrected chi connectivity index (χ4v) is 0. The zero-order valence-electron chi connectivity index (χ0n) is 7.28. The zero-order valence-corrected chi connectivity index (χ0v) is 9.07. The summed E-state index contributed by atoms with van der Waals surface area (Å²) in [6.07, 6.45) is 0. The fraction of sp³-hybridized carbons (Fsp3) is 0. The first-order valence-electron chi connectivity index (χ1n) is 1.51. The Kier molecular flexibility index (Phi) is 27.3. The molecule has 3 N–H and O–H groups in total. The normalized spacial score (nSPS) is 9.08. The van der Waals surface area contributed by atoms with Gasteiger partial charge in [0, 0.05) is 0 Å². The largest absolute Gasteiger partial charge is 1.00 e. The van der Waals surface area contributed by atoms with Gasteiger partial charge in [-0.25, -0.2) is 0 Å². The van der Waals surface area contributed by atoms with Crippen molar-refractivity contribution >= 4 is 15.6 Å². The van der Waals surface area contributed by atoms with Crippen LogP contribution < -0.4 is 71.3 Å². The van der Waals surface area contributed by atoms with Crippen LogP contribution in [0.4, 0.5) is 0 Å². The Labute approximate surface area is 110 Å². The molecule has 0 rings (SSSR count). The smallest absolute Gasteiger partial charge is 0.790 e. The molecule has 0 amide bonds.